The van der Waals surface area contributed by atoms with Crippen LogP contribution in [0, 0.1) is 0 Å². The number of nitrogens with zero attached hydrogens (tertiary/aromatic N) is 4. The van der Waals surface area contributed by atoms with Gasteiger partial charge in [0.2, 0.25) is 0 Å². The Morgan fingerprint density at radius 1 is 1.06 bits per heavy atom. The molecule has 4 aromatic rings. The van der Waals surface area contributed by atoms with Gasteiger partial charge in [0.1, 0.15) is 5.52 Å². The topological polar surface area (TPSA) is 43.1 Å². The lowest BCUT2D eigenvalue weighted by molar-refractivity contribution is 1.15. The Kier molecular flexibility index (Phi) is 1.53. The Labute approximate surface area is 96.6 Å². The van der Waals surface area contributed by atoms with E-state index in [2.05, 4.69) is 15.0 Å². The quantitative estimate of drug-likeness (QED) is 0.457. The van der Waals surface area contributed by atoms with E-state index in [-0.39, 0.29) is 0 Å². The molecule has 0 saturated carbocycles. The number of hydrogen-bond donors (Lipinski definition) is 0. The Morgan fingerprint density at radius 2 is 2.00 bits per heavy atom. The maximum absolute atomic E-state index is 4.60. The van der Waals surface area contributed by atoms with E-state index in [4.69, 9.17) is 0 Å². The highest BCUT2D eigenvalue weighted by atomic mass is 15.0. The van der Waals surface area contributed by atoms with Gasteiger partial charge < -0.3 is 0 Å². The molecule has 0 radical (unpaired) electrons. The molecule has 3 heterocycles. The summed E-state index contributed by atoms with van der Waals surface area (Å²) in [6, 6.07) is 8.03. The van der Waals surface area contributed by atoms with Crippen molar-refractivity contribution in [2.45, 2.75) is 0 Å². The van der Waals surface area contributed by atoms with Gasteiger partial charge in [-0.2, -0.15) is 0 Å². The molecule has 4 nitrogen and oxygen atoms in total. The number of imidazole rings is 1. The first kappa shape index (κ1) is 8.64. The minimum absolute atomic E-state index is 0.848. The van der Waals surface area contributed by atoms with Crippen molar-refractivity contribution in [1.29, 1.82) is 0 Å². The molecule has 4 rings (SSSR count). The summed E-state index contributed by atoms with van der Waals surface area (Å²) in [6.07, 6.45) is 7.27. The van der Waals surface area contributed by atoms with Crippen molar-refractivity contribution in [3.05, 3.63) is 49.1 Å². The number of para-hydroxylation sites is 1. The SMILES string of the molecule is c1ccc2c(c1)ncc1c2nc2cnccn21. The van der Waals surface area contributed by atoms with Gasteiger partial charge in [0.25, 0.3) is 0 Å². The van der Waals surface area contributed by atoms with Gasteiger partial charge in [-0.25, -0.2) is 4.98 Å². The molecular weight excluding hydrogens is 212 g/mol. The van der Waals surface area contributed by atoms with Crippen LogP contribution in [0.3, 0.4) is 0 Å². The fraction of sp³-hybridized carbons (Fsp3) is 0. The molecule has 4 heteroatoms. The van der Waals surface area contributed by atoms with E-state index in [0.717, 1.165) is 27.6 Å². The molecule has 1 aromatic carbocycles. The van der Waals surface area contributed by atoms with Crippen LogP contribution in [0.4, 0.5) is 0 Å². The van der Waals surface area contributed by atoms with Crippen LogP contribution in [-0.4, -0.2) is 19.4 Å². The number of pyridine rings is 1. The molecule has 3 aromatic heterocycles. The van der Waals surface area contributed by atoms with Crippen LogP contribution in [0.15, 0.2) is 49.1 Å². The molecule has 0 atom stereocenters. The summed E-state index contributed by atoms with van der Waals surface area (Å²) in [5.74, 6) is 0. The van der Waals surface area contributed by atoms with Crippen molar-refractivity contribution in [1.82, 2.24) is 19.4 Å². The zero-order valence-electron chi connectivity index (χ0n) is 8.91. The van der Waals surface area contributed by atoms with Gasteiger partial charge in [-0.1, -0.05) is 18.2 Å². The minimum atomic E-state index is 0.848. The molecule has 0 aliphatic carbocycles. The Balaban J connectivity index is 2.34. The molecule has 80 valence electrons. The summed E-state index contributed by atoms with van der Waals surface area (Å²) < 4.78 is 2.00. The lowest BCUT2D eigenvalue weighted by Crippen LogP contribution is -1.85. The molecule has 0 aliphatic heterocycles. The summed E-state index contributed by atoms with van der Waals surface area (Å²) >= 11 is 0. The average molecular weight is 220 g/mol. The molecule has 17 heavy (non-hydrogen) atoms. The normalized spacial score (nSPS) is 11.5. The molecule has 0 saturated heterocycles. The van der Waals surface area contributed by atoms with E-state index in [1.54, 1.807) is 12.4 Å². The summed E-state index contributed by atoms with van der Waals surface area (Å²) in [6.45, 7) is 0. The first-order valence-corrected chi connectivity index (χ1v) is 5.39. The van der Waals surface area contributed by atoms with Crippen LogP contribution in [0.5, 0.6) is 0 Å². The highest BCUT2D eigenvalue weighted by Gasteiger charge is 2.07. The van der Waals surface area contributed by atoms with Gasteiger partial charge >= 0.3 is 0 Å². The molecule has 0 fully saturated rings. The van der Waals surface area contributed by atoms with Crippen molar-refractivity contribution in [3.63, 3.8) is 0 Å². The van der Waals surface area contributed by atoms with Crippen molar-refractivity contribution in [3.8, 4) is 0 Å². The third-order valence-electron chi connectivity index (χ3n) is 2.95. The third kappa shape index (κ3) is 1.09. The van der Waals surface area contributed by atoms with Crippen LogP contribution in [0.25, 0.3) is 27.6 Å². The second-order valence-corrected chi connectivity index (χ2v) is 3.93. The highest BCUT2D eigenvalue weighted by Crippen LogP contribution is 2.23. The van der Waals surface area contributed by atoms with E-state index < -0.39 is 0 Å². The fourth-order valence-electron chi connectivity index (χ4n) is 2.16. The summed E-state index contributed by atoms with van der Waals surface area (Å²) in [4.78, 5) is 13.1. The van der Waals surface area contributed by atoms with Gasteiger partial charge in [0, 0.05) is 17.8 Å². The number of aromatic nitrogens is 4. The standard InChI is InChI=1S/C13H8N4/c1-2-4-10-9(3-1)13-11(7-15-10)17-6-5-14-8-12(17)16-13/h1-8H. The van der Waals surface area contributed by atoms with Crippen LogP contribution in [0.2, 0.25) is 0 Å². The fourth-order valence-corrected chi connectivity index (χ4v) is 2.16. The van der Waals surface area contributed by atoms with Crippen LogP contribution >= 0.6 is 0 Å². The van der Waals surface area contributed by atoms with Gasteiger partial charge in [0.05, 0.1) is 23.4 Å². The molecule has 0 amide bonds. The van der Waals surface area contributed by atoms with Gasteiger partial charge in [-0.3, -0.25) is 14.4 Å². The van der Waals surface area contributed by atoms with Crippen molar-refractivity contribution in [2.24, 2.45) is 0 Å². The van der Waals surface area contributed by atoms with Crippen molar-refractivity contribution < 1.29 is 0 Å². The summed E-state index contributed by atoms with van der Waals surface area (Å²) in [5, 5.41) is 1.08. The lowest BCUT2D eigenvalue weighted by Gasteiger charge is -1.97. The van der Waals surface area contributed by atoms with Gasteiger partial charge in [-0.05, 0) is 6.07 Å². The molecule has 0 N–H and O–H groups in total. The Bertz CT molecular complexity index is 848. The van der Waals surface area contributed by atoms with Crippen molar-refractivity contribution in [2.75, 3.05) is 0 Å². The zero-order valence-corrected chi connectivity index (χ0v) is 8.91. The Morgan fingerprint density at radius 3 is 3.00 bits per heavy atom. The van der Waals surface area contributed by atoms with E-state index in [9.17, 15) is 0 Å². The van der Waals surface area contributed by atoms with Crippen molar-refractivity contribution >= 4 is 27.6 Å². The molecule has 0 bridgehead atoms. The first-order chi connectivity index (χ1) is 8.43. The second kappa shape index (κ2) is 3.01. The Hall–Kier alpha value is -2.49. The average Bonchev–Trinajstić information content (AvgIpc) is 2.78. The predicted octanol–water partition coefficient (Wildman–Crippen LogP) is 2.43. The van der Waals surface area contributed by atoms with E-state index >= 15 is 0 Å². The maximum Gasteiger partial charge on any atom is 0.156 e. The smallest absolute Gasteiger partial charge is 0.156 e. The number of benzene rings is 1. The van der Waals surface area contributed by atoms with Gasteiger partial charge in [-0.15, -0.1) is 0 Å². The number of fused-ring (bicyclic) bond motifs is 5. The monoisotopic (exact) mass is 220 g/mol. The summed E-state index contributed by atoms with van der Waals surface area (Å²) in [7, 11) is 0. The largest absolute Gasteiger partial charge is 0.295 e. The molecular formula is C13H8N4. The van der Waals surface area contributed by atoms with Crippen LogP contribution in [0.1, 0.15) is 0 Å². The third-order valence-corrected chi connectivity index (χ3v) is 2.95. The molecule has 0 aliphatic rings. The first-order valence-electron chi connectivity index (χ1n) is 5.39. The predicted molar refractivity (Wildman–Crippen MR) is 65.8 cm³/mol. The van der Waals surface area contributed by atoms with E-state index in [0.29, 0.717) is 0 Å². The highest BCUT2D eigenvalue weighted by molar-refractivity contribution is 6.03. The molecule has 0 spiro atoms. The van der Waals surface area contributed by atoms with E-state index in [1.807, 2.05) is 41.1 Å². The molecule has 0 unspecified atom stereocenters. The summed E-state index contributed by atoms with van der Waals surface area (Å²) in [5.41, 5.74) is 3.81. The second-order valence-electron chi connectivity index (χ2n) is 3.93. The van der Waals surface area contributed by atoms with Crippen LogP contribution < -0.4 is 0 Å². The number of rotatable bonds is 0. The van der Waals surface area contributed by atoms with Crippen LogP contribution in [-0.2, 0) is 0 Å². The maximum atomic E-state index is 4.60. The minimum Gasteiger partial charge on any atom is -0.295 e. The van der Waals surface area contributed by atoms with E-state index in [1.165, 1.54) is 0 Å². The zero-order chi connectivity index (χ0) is 11.2. The number of hydrogen-bond acceptors (Lipinski definition) is 3. The lowest BCUT2D eigenvalue weighted by atomic mass is 10.2. The van der Waals surface area contributed by atoms with Gasteiger partial charge in [0.15, 0.2) is 5.65 Å².